The normalized spacial score (nSPS) is 17.0. The van der Waals surface area contributed by atoms with Gasteiger partial charge in [0.1, 0.15) is 6.04 Å². The van der Waals surface area contributed by atoms with Gasteiger partial charge in [0.05, 0.1) is 23.7 Å². The van der Waals surface area contributed by atoms with E-state index in [1.165, 1.54) is 12.0 Å². The molecule has 1 aliphatic rings. The van der Waals surface area contributed by atoms with Crippen molar-refractivity contribution >= 4 is 46.0 Å². The molecule has 0 unspecified atom stereocenters. The number of fused-ring (bicyclic) bond motifs is 1. The molecule has 2 heterocycles. The number of anilines is 1. The van der Waals surface area contributed by atoms with Gasteiger partial charge < -0.3 is 19.9 Å². The second-order valence-corrected chi connectivity index (χ2v) is 7.91. The van der Waals surface area contributed by atoms with Crippen molar-refractivity contribution in [2.75, 3.05) is 18.6 Å². The predicted octanol–water partition coefficient (Wildman–Crippen LogP) is 3.07. The van der Waals surface area contributed by atoms with E-state index in [9.17, 15) is 14.4 Å². The molecule has 0 spiro atoms. The second-order valence-electron chi connectivity index (χ2n) is 7.50. The summed E-state index contributed by atoms with van der Waals surface area (Å²) < 4.78 is 4.91. The largest absolute Gasteiger partial charge is 0.467 e. The number of carbonyl (C=O) groups excluding carboxylic acids is 3. The van der Waals surface area contributed by atoms with E-state index in [0.717, 1.165) is 16.5 Å². The number of methoxy groups -OCH3 is 1. The SMILES string of the molecule is COC(=O)[C@H](Cc1c[nH]c2ccccc12)NC(=O)[C@H]1CC(=O)N(c2ccccc2Cl)C1. The van der Waals surface area contributed by atoms with Crippen LogP contribution in [0.1, 0.15) is 12.0 Å². The zero-order valence-corrected chi connectivity index (χ0v) is 17.7. The summed E-state index contributed by atoms with van der Waals surface area (Å²) in [5.74, 6) is -1.66. The maximum absolute atomic E-state index is 12.9. The van der Waals surface area contributed by atoms with Gasteiger partial charge >= 0.3 is 5.97 Å². The number of para-hydroxylation sites is 2. The van der Waals surface area contributed by atoms with Crippen LogP contribution in [0.25, 0.3) is 10.9 Å². The van der Waals surface area contributed by atoms with Gasteiger partial charge in [0.2, 0.25) is 11.8 Å². The lowest BCUT2D eigenvalue weighted by Crippen LogP contribution is -2.46. The highest BCUT2D eigenvalue weighted by atomic mass is 35.5. The standard InChI is InChI=1S/C23H22ClN3O4/c1-31-23(30)19(10-14-12-25-18-8-4-2-6-16(14)18)26-22(29)15-11-21(28)27(13-15)20-9-5-3-7-17(20)24/h2-9,12,15,19,25H,10-11,13H2,1H3,(H,26,29)/t15-,19-/m0/s1. The van der Waals surface area contributed by atoms with Crippen molar-refractivity contribution in [2.24, 2.45) is 5.92 Å². The Kier molecular flexibility index (Phi) is 5.95. The van der Waals surface area contributed by atoms with Crippen LogP contribution in [0.5, 0.6) is 0 Å². The summed E-state index contributed by atoms with van der Waals surface area (Å²) in [6.07, 6.45) is 2.15. The third kappa shape index (κ3) is 4.27. The molecular formula is C23H22ClN3O4. The minimum atomic E-state index is -0.860. The number of hydrogen-bond acceptors (Lipinski definition) is 4. The number of benzene rings is 2. The van der Waals surface area contributed by atoms with Crippen LogP contribution in [0.15, 0.2) is 54.7 Å². The zero-order valence-electron chi connectivity index (χ0n) is 16.9. The molecule has 1 aliphatic heterocycles. The fraction of sp³-hybridized carbons (Fsp3) is 0.261. The summed E-state index contributed by atoms with van der Waals surface area (Å²) in [7, 11) is 1.29. The number of nitrogens with one attached hydrogen (secondary N) is 2. The molecule has 4 rings (SSSR count). The Balaban J connectivity index is 1.49. The second kappa shape index (κ2) is 8.81. The van der Waals surface area contributed by atoms with Crippen LogP contribution < -0.4 is 10.2 Å². The minimum Gasteiger partial charge on any atom is -0.467 e. The van der Waals surface area contributed by atoms with E-state index in [2.05, 4.69) is 10.3 Å². The summed E-state index contributed by atoms with van der Waals surface area (Å²) in [4.78, 5) is 42.5. The van der Waals surface area contributed by atoms with E-state index in [4.69, 9.17) is 16.3 Å². The molecule has 160 valence electrons. The van der Waals surface area contributed by atoms with Crippen LogP contribution in [0, 0.1) is 5.92 Å². The zero-order chi connectivity index (χ0) is 22.0. The summed E-state index contributed by atoms with van der Waals surface area (Å²) in [6, 6.07) is 13.9. The number of aromatic amines is 1. The van der Waals surface area contributed by atoms with Crippen molar-refractivity contribution in [3.05, 3.63) is 65.3 Å². The van der Waals surface area contributed by atoms with Crippen molar-refractivity contribution in [3.8, 4) is 0 Å². The number of aromatic nitrogens is 1. The van der Waals surface area contributed by atoms with Crippen molar-refractivity contribution in [1.82, 2.24) is 10.3 Å². The van der Waals surface area contributed by atoms with Gasteiger partial charge in [0.25, 0.3) is 0 Å². The molecule has 2 aromatic carbocycles. The summed E-state index contributed by atoms with van der Waals surface area (Å²) in [6.45, 7) is 0.204. The van der Waals surface area contributed by atoms with Gasteiger partial charge in [-0.1, -0.05) is 41.9 Å². The molecule has 0 aliphatic carbocycles. The van der Waals surface area contributed by atoms with E-state index >= 15 is 0 Å². The molecule has 0 saturated carbocycles. The van der Waals surface area contributed by atoms with E-state index in [-0.39, 0.29) is 31.2 Å². The lowest BCUT2D eigenvalue weighted by molar-refractivity contribution is -0.145. The molecule has 1 aromatic heterocycles. The van der Waals surface area contributed by atoms with E-state index in [0.29, 0.717) is 10.7 Å². The average Bonchev–Trinajstić information content (AvgIpc) is 3.37. The summed E-state index contributed by atoms with van der Waals surface area (Å²) in [5.41, 5.74) is 2.42. The molecule has 3 aromatic rings. The van der Waals surface area contributed by atoms with Crippen molar-refractivity contribution in [1.29, 1.82) is 0 Å². The molecule has 8 heteroatoms. The fourth-order valence-electron chi connectivity index (χ4n) is 3.93. The Bertz CT molecular complexity index is 1140. The number of rotatable bonds is 6. The molecule has 31 heavy (non-hydrogen) atoms. The van der Waals surface area contributed by atoms with Crippen molar-refractivity contribution in [3.63, 3.8) is 0 Å². The van der Waals surface area contributed by atoms with Crippen LogP contribution in [-0.2, 0) is 25.5 Å². The average molecular weight is 440 g/mol. The van der Waals surface area contributed by atoms with Crippen LogP contribution in [-0.4, -0.2) is 42.5 Å². The Morgan fingerprint density at radius 3 is 2.74 bits per heavy atom. The van der Waals surface area contributed by atoms with Crippen LogP contribution >= 0.6 is 11.6 Å². The van der Waals surface area contributed by atoms with Gasteiger partial charge in [-0.2, -0.15) is 0 Å². The Morgan fingerprint density at radius 2 is 1.97 bits per heavy atom. The minimum absolute atomic E-state index is 0.0536. The maximum Gasteiger partial charge on any atom is 0.328 e. The van der Waals surface area contributed by atoms with Crippen molar-refractivity contribution < 1.29 is 19.1 Å². The molecule has 0 bridgehead atoms. The number of amides is 2. The lowest BCUT2D eigenvalue weighted by Gasteiger charge is -2.20. The number of carbonyl (C=O) groups is 3. The first-order valence-corrected chi connectivity index (χ1v) is 10.3. The van der Waals surface area contributed by atoms with Gasteiger partial charge in [-0.3, -0.25) is 9.59 Å². The molecule has 1 saturated heterocycles. The quantitative estimate of drug-likeness (QED) is 0.577. The molecule has 7 nitrogen and oxygen atoms in total. The summed E-state index contributed by atoms with van der Waals surface area (Å²) in [5, 5.41) is 4.21. The first-order chi connectivity index (χ1) is 15.0. The highest BCUT2D eigenvalue weighted by molar-refractivity contribution is 6.33. The highest BCUT2D eigenvalue weighted by Crippen LogP contribution is 2.31. The van der Waals surface area contributed by atoms with Crippen LogP contribution in [0.3, 0.4) is 0 Å². The molecule has 0 radical (unpaired) electrons. The number of ether oxygens (including phenoxy) is 1. The third-order valence-corrected chi connectivity index (χ3v) is 5.86. The van der Waals surface area contributed by atoms with E-state index < -0.39 is 17.9 Å². The molecule has 1 fully saturated rings. The van der Waals surface area contributed by atoms with E-state index in [1.807, 2.05) is 30.5 Å². The monoisotopic (exact) mass is 439 g/mol. The molecule has 2 atom stereocenters. The number of H-pyrrole nitrogens is 1. The number of hydrogen-bond donors (Lipinski definition) is 2. The third-order valence-electron chi connectivity index (χ3n) is 5.54. The molecule has 2 amide bonds. The Morgan fingerprint density at radius 1 is 1.23 bits per heavy atom. The number of halogens is 1. The Hall–Kier alpha value is -3.32. The Labute approximate surface area is 184 Å². The number of esters is 1. The molecule has 2 N–H and O–H groups in total. The van der Waals surface area contributed by atoms with Gasteiger partial charge in [0, 0.05) is 36.5 Å². The smallest absolute Gasteiger partial charge is 0.328 e. The van der Waals surface area contributed by atoms with Crippen LogP contribution in [0.4, 0.5) is 5.69 Å². The first-order valence-electron chi connectivity index (χ1n) is 9.96. The molecular weight excluding hydrogens is 418 g/mol. The van der Waals surface area contributed by atoms with Gasteiger partial charge in [-0.15, -0.1) is 0 Å². The predicted molar refractivity (Wildman–Crippen MR) is 118 cm³/mol. The van der Waals surface area contributed by atoms with Gasteiger partial charge in [-0.05, 0) is 23.8 Å². The first kappa shape index (κ1) is 20.9. The highest BCUT2D eigenvalue weighted by Gasteiger charge is 2.37. The van der Waals surface area contributed by atoms with Crippen molar-refractivity contribution in [2.45, 2.75) is 18.9 Å². The van der Waals surface area contributed by atoms with E-state index in [1.54, 1.807) is 24.3 Å². The van der Waals surface area contributed by atoms with Crippen LogP contribution in [0.2, 0.25) is 5.02 Å². The topological polar surface area (TPSA) is 91.5 Å². The van der Waals surface area contributed by atoms with Gasteiger partial charge in [0.15, 0.2) is 0 Å². The lowest BCUT2D eigenvalue weighted by atomic mass is 10.0. The fourth-order valence-corrected chi connectivity index (χ4v) is 4.17. The maximum atomic E-state index is 12.9. The van der Waals surface area contributed by atoms with Gasteiger partial charge in [-0.25, -0.2) is 4.79 Å². The number of nitrogens with zero attached hydrogens (tertiary/aromatic N) is 1. The summed E-state index contributed by atoms with van der Waals surface area (Å²) >= 11 is 6.21.